The van der Waals surface area contributed by atoms with Gasteiger partial charge in [0.25, 0.3) is 0 Å². The normalized spacial score (nSPS) is 20.3. The number of aliphatic imine (C=N–C) groups is 1. The summed E-state index contributed by atoms with van der Waals surface area (Å²) in [6.07, 6.45) is 5.65. The van der Waals surface area contributed by atoms with Crippen LogP contribution < -0.4 is 15.6 Å². The van der Waals surface area contributed by atoms with Crippen molar-refractivity contribution in [3.05, 3.63) is 59.2 Å². The van der Waals surface area contributed by atoms with Crippen LogP contribution in [0.25, 0.3) is 0 Å². The molecule has 0 radical (unpaired) electrons. The van der Waals surface area contributed by atoms with Crippen molar-refractivity contribution < 1.29 is 23.8 Å². The van der Waals surface area contributed by atoms with E-state index in [4.69, 9.17) is 14.5 Å². The maximum absolute atomic E-state index is 13.5. The fourth-order valence-electron chi connectivity index (χ4n) is 4.69. The summed E-state index contributed by atoms with van der Waals surface area (Å²) in [4.78, 5) is 29.9. The van der Waals surface area contributed by atoms with Crippen molar-refractivity contribution in [1.29, 1.82) is 0 Å². The molecule has 8 nitrogen and oxygen atoms in total. The Balaban J connectivity index is 1.73. The van der Waals surface area contributed by atoms with Crippen LogP contribution in [0.2, 0.25) is 0 Å². The van der Waals surface area contributed by atoms with Gasteiger partial charge in [-0.15, -0.1) is 0 Å². The highest BCUT2D eigenvalue weighted by Gasteiger charge is 2.49. The monoisotopic (exact) mass is 465 g/mol. The number of hydrogen-bond donors (Lipinski definition) is 2. The van der Waals surface area contributed by atoms with Crippen LogP contribution in [0, 0.1) is 12.8 Å². The van der Waals surface area contributed by atoms with Crippen molar-refractivity contribution in [2.24, 2.45) is 10.9 Å². The molecular weight excluding hydrogens is 434 g/mol. The molecule has 1 heterocycles. The van der Waals surface area contributed by atoms with Gasteiger partial charge in [0, 0.05) is 5.56 Å². The molecule has 1 aliphatic heterocycles. The van der Waals surface area contributed by atoms with Crippen LogP contribution in [0.15, 0.2) is 47.5 Å². The molecule has 180 valence electrons. The molecule has 1 fully saturated rings. The van der Waals surface area contributed by atoms with Gasteiger partial charge in [0.05, 0.1) is 19.9 Å². The Labute approximate surface area is 199 Å². The molecule has 4 rings (SSSR count). The SMILES string of the molecule is COC(=O)NNc1ccc([C@@]2(CC3CCCCC3)N=C(c3ccc(C)cc3)OC2=O)cc1OC. The average molecular weight is 466 g/mol. The summed E-state index contributed by atoms with van der Waals surface area (Å²) >= 11 is 0. The van der Waals surface area contributed by atoms with E-state index in [-0.39, 0.29) is 5.97 Å². The number of cyclic esters (lactones) is 1. The summed E-state index contributed by atoms with van der Waals surface area (Å²) in [5, 5.41) is 0. The lowest BCUT2D eigenvalue weighted by Crippen LogP contribution is -2.34. The summed E-state index contributed by atoms with van der Waals surface area (Å²) in [6.45, 7) is 2.01. The number of methoxy groups -OCH3 is 2. The zero-order valence-corrected chi connectivity index (χ0v) is 19.8. The van der Waals surface area contributed by atoms with Crippen LogP contribution in [0.3, 0.4) is 0 Å². The van der Waals surface area contributed by atoms with Crippen molar-refractivity contribution in [3.63, 3.8) is 0 Å². The van der Waals surface area contributed by atoms with Gasteiger partial charge >= 0.3 is 12.1 Å². The van der Waals surface area contributed by atoms with Gasteiger partial charge in [-0.3, -0.25) is 5.43 Å². The Morgan fingerprint density at radius 3 is 2.53 bits per heavy atom. The van der Waals surface area contributed by atoms with Gasteiger partial charge in [0.2, 0.25) is 5.90 Å². The number of nitrogens with zero attached hydrogens (tertiary/aromatic N) is 1. The lowest BCUT2D eigenvalue weighted by atomic mass is 9.76. The fraction of sp³-hybridized carbons (Fsp3) is 0.423. The molecule has 8 heteroatoms. The van der Waals surface area contributed by atoms with E-state index in [1.54, 1.807) is 12.1 Å². The molecule has 2 aliphatic rings. The number of anilines is 1. The standard InChI is InChI=1S/C26H31N3O5/c1-17-9-11-19(12-10-17)23-27-26(24(30)34-23,16-18-7-5-4-6-8-18)20-13-14-21(22(15-20)32-2)28-29-25(31)33-3/h9-15,18,28H,4-8,16H2,1-3H3,(H,29,31)/t26-/m1/s1. The van der Waals surface area contributed by atoms with Crippen LogP contribution in [0.1, 0.15) is 55.2 Å². The highest BCUT2D eigenvalue weighted by Crippen LogP contribution is 2.44. The van der Waals surface area contributed by atoms with Crippen molar-refractivity contribution in [2.75, 3.05) is 19.6 Å². The molecule has 0 saturated heterocycles. The van der Waals surface area contributed by atoms with E-state index in [2.05, 4.69) is 15.6 Å². The molecular formula is C26H31N3O5. The number of ether oxygens (including phenoxy) is 3. The molecule has 1 amide bonds. The fourth-order valence-corrected chi connectivity index (χ4v) is 4.69. The molecule has 0 spiro atoms. The number of esters is 1. The number of nitrogens with one attached hydrogen (secondary N) is 2. The molecule has 0 unspecified atom stereocenters. The maximum Gasteiger partial charge on any atom is 0.425 e. The Kier molecular flexibility index (Phi) is 7.05. The first-order chi connectivity index (χ1) is 16.4. The number of carbonyl (C=O) groups excluding carboxylic acids is 2. The van der Waals surface area contributed by atoms with Crippen molar-refractivity contribution in [2.45, 2.75) is 51.0 Å². The molecule has 0 bridgehead atoms. The minimum Gasteiger partial charge on any atom is -0.495 e. The third-order valence-corrected chi connectivity index (χ3v) is 6.59. The van der Waals surface area contributed by atoms with E-state index in [9.17, 15) is 9.59 Å². The predicted molar refractivity (Wildman–Crippen MR) is 129 cm³/mol. The summed E-state index contributed by atoms with van der Waals surface area (Å²) in [5.41, 5.74) is 7.17. The molecule has 1 atom stereocenters. The molecule has 1 aliphatic carbocycles. The first kappa shape index (κ1) is 23.6. The second-order valence-electron chi connectivity index (χ2n) is 8.90. The lowest BCUT2D eigenvalue weighted by Gasteiger charge is -2.30. The Morgan fingerprint density at radius 1 is 1.12 bits per heavy atom. The first-order valence-corrected chi connectivity index (χ1v) is 11.6. The molecule has 0 aromatic heterocycles. The summed E-state index contributed by atoms with van der Waals surface area (Å²) in [5.74, 6) is 0.814. The Hall–Kier alpha value is -3.55. The van der Waals surface area contributed by atoms with Crippen LogP contribution in [-0.4, -0.2) is 32.2 Å². The zero-order chi connectivity index (χ0) is 24.1. The van der Waals surface area contributed by atoms with Gasteiger partial charge in [0.1, 0.15) is 5.75 Å². The minimum absolute atomic E-state index is 0.342. The highest BCUT2D eigenvalue weighted by atomic mass is 16.6. The van der Waals surface area contributed by atoms with E-state index < -0.39 is 11.6 Å². The minimum atomic E-state index is -1.15. The van der Waals surface area contributed by atoms with E-state index in [0.29, 0.717) is 35.2 Å². The van der Waals surface area contributed by atoms with Gasteiger partial charge in [-0.1, -0.05) is 55.9 Å². The van der Waals surface area contributed by atoms with E-state index >= 15 is 0 Å². The van der Waals surface area contributed by atoms with Crippen molar-refractivity contribution >= 4 is 23.6 Å². The highest BCUT2D eigenvalue weighted by molar-refractivity contribution is 6.08. The van der Waals surface area contributed by atoms with Crippen LogP contribution in [0.5, 0.6) is 5.75 Å². The number of rotatable bonds is 7. The summed E-state index contributed by atoms with van der Waals surface area (Å²) < 4.78 is 15.9. The topological polar surface area (TPSA) is 98.3 Å². The quantitative estimate of drug-likeness (QED) is 0.448. The molecule has 34 heavy (non-hydrogen) atoms. The van der Waals surface area contributed by atoms with E-state index in [1.165, 1.54) is 20.6 Å². The first-order valence-electron chi connectivity index (χ1n) is 11.6. The molecule has 2 aromatic carbocycles. The van der Waals surface area contributed by atoms with Crippen LogP contribution in [0.4, 0.5) is 10.5 Å². The number of benzene rings is 2. The third kappa shape index (κ3) is 4.85. The number of hydrazine groups is 1. The van der Waals surface area contributed by atoms with E-state index in [1.807, 2.05) is 37.3 Å². The van der Waals surface area contributed by atoms with Gasteiger partial charge in [0.15, 0.2) is 5.54 Å². The number of hydrogen-bond acceptors (Lipinski definition) is 7. The second-order valence-corrected chi connectivity index (χ2v) is 8.90. The van der Waals surface area contributed by atoms with Crippen LogP contribution >= 0.6 is 0 Å². The predicted octanol–water partition coefficient (Wildman–Crippen LogP) is 4.86. The lowest BCUT2D eigenvalue weighted by molar-refractivity contribution is -0.140. The van der Waals surface area contributed by atoms with Gasteiger partial charge in [-0.25, -0.2) is 20.0 Å². The van der Waals surface area contributed by atoms with Crippen molar-refractivity contribution in [1.82, 2.24) is 5.43 Å². The number of amides is 1. The van der Waals surface area contributed by atoms with Crippen LogP contribution in [-0.2, 0) is 19.8 Å². The number of aryl methyl sites for hydroxylation is 1. The smallest absolute Gasteiger partial charge is 0.425 e. The Morgan fingerprint density at radius 2 is 1.85 bits per heavy atom. The van der Waals surface area contributed by atoms with Gasteiger partial charge in [-0.05, 0) is 49.1 Å². The van der Waals surface area contributed by atoms with Crippen molar-refractivity contribution in [3.8, 4) is 5.75 Å². The zero-order valence-electron chi connectivity index (χ0n) is 19.8. The molecule has 1 saturated carbocycles. The largest absolute Gasteiger partial charge is 0.495 e. The molecule has 2 aromatic rings. The number of carbonyl (C=O) groups is 2. The maximum atomic E-state index is 13.5. The second kappa shape index (κ2) is 10.2. The van der Waals surface area contributed by atoms with Gasteiger partial charge in [-0.2, -0.15) is 0 Å². The van der Waals surface area contributed by atoms with E-state index in [0.717, 1.165) is 36.8 Å². The third-order valence-electron chi connectivity index (χ3n) is 6.59. The average Bonchev–Trinajstić information content (AvgIpc) is 3.20. The summed E-state index contributed by atoms with van der Waals surface area (Å²) in [6, 6.07) is 13.2. The van der Waals surface area contributed by atoms with Gasteiger partial charge < -0.3 is 14.2 Å². The Bertz CT molecular complexity index is 1080. The summed E-state index contributed by atoms with van der Waals surface area (Å²) in [7, 11) is 2.81. The molecule has 2 N–H and O–H groups in total.